The quantitative estimate of drug-likeness (QED) is 0.746. The number of likely N-dealkylation sites (tertiary alicyclic amines) is 1. The number of para-hydroxylation sites is 1. The number of halogens is 2. The van der Waals surface area contributed by atoms with Crippen molar-refractivity contribution in [3.05, 3.63) is 29.3 Å². The van der Waals surface area contributed by atoms with Gasteiger partial charge >= 0.3 is 0 Å². The van der Waals surface area contributed by atoms with Gasteiger partial charge in [0.2, 0.25) is 5.91 Å². The number of carbonyl (C=O) groups is 2. The molecule has 0 radical (unpaired) electrons. The van der Waals surface area contributed by atoms with Crippen LogP contribution in [-0.2, 0) is 9.59 Å². The first-order chi connectivity index (χ1) is 11.6. The van der Waals surface area contributed by atoms with Crippen LogP contribution in [0.25, 0.3) is 0 Å². The molecule has 1 aromatic carbocycles. The average molecular weight is 390 g/mol. The van der Waals surface area contributed by atoms with Gasteiger partial charge < -0.3 is 20.7 Å². The second-order valence-corrected chi connectivity index (χ2v) is 6.21. The summed E-state index contributed by atoms with van der Waals surface area (Å²) in [7, 11) is 0. The Morgan fingerprint density at radius 1 is 1.32 bits per heavy atom. The summed E-state index contributed by atoms with van der Waals surface area (Å²) in [4.78, 5) is 25.9. The molecule has 0 saturated carbocycles. The van der Waals surface area contributed by atoms with Crippen molar-refractivity contribution in [3.63, 3.8) is 0 Å². The Labute approximate surface area is 159 Å². The molecule has 0 bridgehead atoms. The van der Waals surface area contributed by atoms with Crippen molar-refractivity contribution in [2.24, 2.45) is 5.73 Å². The van der Waals surface area contributed by atoms with E-state index in [1.165, 1.54) is 0 Å². The van der Waals surface area contributed by atoms with Gasteiger partial charge in [-0.15, -0.1) is 12.4 Å². The van der Waals surface area contributed by atoms with Crippen molar-refractivity contribution >= 4 is 35.8 Å². The molecule has 1 heterocycles. The third kappa shape index (κ3) is 6.72. The predicted molar refractivity (Wildman–Crippen MR) is 100 cm³/mol. The number of nitrogens with two attached hydrogens (primary N) is 1. The highest BCUT2D eigenvalue weighted by molar-refractivity contribution is 6.32. The van der Waals surface area contributed by atoms with Gasteiger partial charge in [0, 0.05) is 32.1 Å². The van der Waals surface area contributed by atoms with Crippen LogP contribution in [0.3, 0.4) is 0 Å². The van der Waals surface area contributed by atoms with Crippen LogP contribution >= 0.6 is 24.0 Å². The van der Waals surface area contributed by atoms with E-state index in [1.807, 2.05) is 12.1 Å². The number of carbonyl (C=O) groups excluding carboxylic acids is 2. The fourth-order valence-electron chi connectivity index (χ4n) is 2.78. The van der Waals surface area contributed by atoms with Crippen LogP contribution in [0.4, 0.5) is 0 Å². The summed E-state index contributed by atoms with van der Waals surface area (Å²) < 4.78 is 5.54. The Bertz CT molecular complexity index is 572. The standard InChI is InChI=1S/C17H24ClN3O3.ClH/c18-14-6-1-2-7-15(14)24-12-17(23)21-10-4-3-5-13(21)11-20-16(22)8-9-19;/h1-2,6-7,13H,3-5,8-12,19H2,(H,20,22);1H. The van der Waals surface area contributed by atoms with E-state index < -0.39 is 0 Å². The van der Waals surface area contributed by atoms with Crippen molar-refractivity contribution in [2.45, 2.75) is 31.7 Å². The minimum atomic E-state index is -0.0901. The second kappa shape index (κ2) is 11.2. The smallest absolute Gasteiger partial charge is 0.260 e. The Kier molecular flexibility index (Phi) is 9.63. The van der Waals surface area contributed by atoms with Crippen LogP contribution in [0.15, 0.2) is 24.3 Å². The lowest BCUT2D eigenvalue weighted by Crippen LogP contribution is -2.50. The molecule has 8 heteroatoms. The van der Waals surface area contributed by atoms with Gasteiger partial charge in [0.15, 0.2) is 6.61 Å². The van der Waals surface area contributed by atoms with E-state index in [0.717, 1.165) is 19.3 Å². The number of benzene rings is 1. The van der Waals surface area contributed by atoms with E-state index in [4.69, 9.17) is 22.1 Å². The van der Waals surface area contributed by atoms with Crippen LogP contribution in [-0.4, -0.2) is 49.0 Å². The largest absolute Gasteiger partial charge is 0.482 e. The lowest BCUT2D eigenvalue weighted by molar-refractivity contribution is -0.137. The van der Waals surface area contributed by atoms with E-state index in [9.17, 15) is 9.59 Å². The van der Waals surface area contributed by atoms with Crippen LogP contribution in [0.1, 0.15) is 25.7 Å². The fraction of sp³-hybridized carbons (Fsp3) is 0.529. The summed E-state index contributed by atoms with van der Waals surface area (Å²) in [6, 6.07) is 7.07. The molecule has 6 nitrogen and oxygen atoms in total. The summed E-state index contributed by atoms with van der Waals surface area (Å²) in [6.07, 6.45) is 3.19. The molecule has 1 aromatic rings. The number of hydrogen-bond acceptors (Lipinski definition) is 4. The van der Waals surface area contributed by atoms with Gasteiger partial charge in [-0.2, -0.15) is 0 Å². The highest BCUT2D eigenvalue weighted by Gasteiger charge is 2.27. The van der Waals surface area contributed by atoms with Gasteiger partial charge in [-0.3, -0.25) is 9.59 Å². The molecule has 3 N–H and O–H groups in total. The third-order valence-corrected chi connectivity index (χ3v) is 4.35. The minimum absolute atomic E-state index is 0. The number of nitrogens with one attached hydrogen (secondary N) is 1. The molecule has 25 heavy (non-hydrogen) atoms. The molecular weight excluding hydrogens is 365 g/mol. The summed E-state index contributed by atoms with van der Waals surface area (Å²) in [6.45, 7) is 1.40. The Balaban J connectivity index is 0.00000312. The Morgan fingerprint density at radius 2 is 2.08 bits per heavy atom. The van der Waals surface area contributed by atoms with Gasteiger partial charge in [-0.25, -0.2) is 0 Å². The van der Waals surface area contributed by atoms with Crippen molar-refractivity contribution in [3.8, 4) is 5.75 Å². The first kappa shape index (κ1) is 21.5. The maximum atomic E-state index is 12.5. The fourth-order valence-corrected chi connectivity index (χ4v) is 2.97. The van der Waals surface area contributed by atoms with E-state index in [2.05, 4.69) is 5.32 Å². The van der Waals surface area contributed by atoms with Gasteiger partial charge in [-0.05, 0) is 31.4 Å². The number of amides is 2. The average Bonchev–Trinajstić information content (AvgIpc) is 2.59. The zero-order chi connectivity index (χ0) is 17.4. The second-order valence-electron chi connectivity index (χ2n) is 5.80. The molecule has 0 spiro atoms. The first-order valence-electron chi connectivity index (χ1n) is 8.25. The van der Waals surface area contributed by atoms with Crippen molar-refractivity contribution in [1.29, 1.82) is 0 Å². The number of rotatable bonds is 7. The topological polar surface area (TPSA) is 84.7 Å². The molecular formula is C17H25Cl2N3O3. The van der Waals surface area contributed by atoms with Crippen molar-refractivity contribution in [1.82, 2.24) is 10.2 Å². The molecule has 2 rings (SSSR count). The molecule has 2 amide bonds. The monoisotopic (exact) mass is 389 g/mol. The van der Waals surface area contributed by atoms with Gasteiger partial charge in [-0.1, -0.05) is 23.7 Å². The third-order valence-electron chi connectivity index (χ3n) is 4.04. The predicted octanol–water partition coefficient (Wildman–Crippen LogP) is 1.99. The van der Waals surface area contributed by atoms with Gasteiger partial charge in [0.05, 0.1) is 5.02 Å². The molecule has 1 saturated heterocycles. The van der Waals surface area contributed by atoms with E-state index >= 15 is 0 Å². The maximum Gasteiger partial charge on any atom is 0.260 e. The van der Waals surface area contributed by atoms with E-state index in [-0.39, 0.29) is 36.9 Å². The lowest BCUT2D eigenvalue weighted by atomic mass is 10.0. The zero-order valence-electron chi connectivity index (χ0n) is 14.1. The molecule has 0 aromatic heterocycles. The molecule has 140 valence electrons. The molecule has 1 atom stereocenters. The number of nitrogens with zero attached hydrogens (tertiary/aromatic N) is 1. The lowest BCUT2D eigenvalue weighted by Gasteiger charge is -2.35. The van der Waals surface area contributed by atoms with Crippen LogP contribution in [0.2, 0.25) is 5.02 Å². The number of hydrogen-bond donors (Lipinski definition) is 2. The van der Waals surface area contributed by atoms with Crippen LogP contribution in [0.5, 0.6) is 5.75 Å². The number of ether oxygens (including phenoxy) is 1. The summed E-state index contributed by atoms with van der Waals surface area (Å²) in [5.41, 5.74) is 5.37. The van der Waals surface area contributed by atoms with E-state index in [0.29, 0.717) is 36.8 Å². The Hall–Kier alpha value is -1.50. The maximum absolute atomic E-state index is 12.5. The molecule has 0 aliphatic carbocycles. The van der Waals surface area contributed by atoms with Crippen LogP contribution < -0.4 is 15.8 Å². The highest BCUT2D eigenvalue weighted by atomic mass is 35.5. The summed E-state index contributed by atoms with van der Waals surface area (Å²) >= 11 is 6.03. The number of piperidine rings is 1. The van der Waals surface area contributed by atoms with Gasteiger partial charge in [0.25, 0.3) is 5.91 Å². The molecule has 1 aliphatic rings. The molecule has 1 aliphatic heterocycles. The van der Waals surface area contributed by atoms with Crippen molar-refractivity contribution < 1.29 is 14.3 Å². The normalized spacial score (nSPS) is 16.7. The molecule has 1 fully saturated rings. The highest BCUT2D eigenvalue weighted by Crippen LogP contribution is 2.23. The Morgan fingerprint density at radius 3 is 2.80 bits per heavy atom. The van der Waals surface area contributed by atoms with Gasteiger partial charge in [0.1, 0.15) is 5.75 Å². The van der Waals surface area contributed by atoms with Crippen molar-refractivity contribution in [2.75, 3.05) is 26.2 Å². The molecule has 1 unspecified atom stereocenters. The first-order valence-corrected chi connectivity index (χ1v) is 8.63. The van der Waals surface area contributed by atoms with Crippen LogP contribution in [0, 0.1) is 0 Å². The summed E-state index contributed by atoms with van der Waals surface area (Å²) in [5, 5.41) is 3.33. The summed E-state index contributed by atoms with van der Waals surface area (Å²) in [5.74, 6) is 0.327. The SMILES string of the molecule is Cl.NCCC(=O)NCC1CCCCN1C(=O)COc1ccccc1Cl. The zero-order valence-corrected chi connectivity index (χ0v) is 15.7. The minimum Gasteiger partial charge on any atom is -0.482 e. The van der Waals surface area contributed by atoms with E-state index in [1.54, 1.807) is 17.0 Å².